The van der Waals surface area contributed by atoms with Crippen molar-refractivity contribution >= 4 is 39.1 Å². The molecule has 3 aromatic rings. The van der Waals surface area contributed by atoms with E-state index in [-0.39, 0.29) is 16.8 Å². The fraction of sp³-hybridized carbons (Fsp3) is 0.0833. The summed E-state index contributed by atoms with van der Waals surface area (Å²) >= 11 is 3.25. The van der Waals surface area contributed by atoms with Crippen molar-refractivity contribution < 1.29 is 32.3 Å². The predicted molar refractivity (Wildman–Crippen MR) is 117 cm³/mol. The van der Waals surface area contributed by atoms with Gasteiger partial charge in [0.2, 0.25) is 0 Å². The molecule has 0 bridgehead atoms. The molecule has 1 aliphatic rings. The number of hydrogen-bond donors (Lipinski definition) is 1. The fourth-order valence-corrected chi connectivity index (χ4v) is 3.95. The van der Waals surface area contributed by atoms with Crippen molar-refractivity contribution in [2.45, 2.75) is 12.2 Å². The highest BCUT2D eigenvalue weighted by molar-refractivity contribution is 9.10. The lowest BCUT2D eigenvalue weighted by Crippen LogP contribution is -2.30. The molecule has 1 heterocycles. The number of Topliss-reactive ketones (excluding diaryl/α,β-unsaturated/α-hetero) is 1. The average molecular weight is 520 g/mol. The van der Waals surface area contributed by atoms with Gasteiger partial charge in [-0.15, -0.1) is 0 Å². The van der Waals surface area contributed by atoms with E-state index in [4.69, 9.17) is 0 Å². The Morgan fingerprint density at radius 3 is 2.24 bits per heavy atom. The van der Waals surface area contributed by atoms with Crippen LogP contribution in [0, 0.1) is 5.82 Å². The van der Waals surface area contributed by atoms with Crippen LogP contribution in [0.5, 0.6) is 0 Å². The summed E-state index contributed by atoms with van der Waals surface area (Å²) in [6, 6.07) is 13.8. The van der Waals surface area contributed by atoms with E-state index in [1.54, 1.807) is 12.1 Å². The van der Waals surface area contributed by atoms with Gasteiger partial charge in [-0.3, -0.25) is 14.5 Å². The van der Waals surface area contributed by atoms with Gasteiger partial charge in [0.05, 0.1) is 17.2 Å². The van der Waals surface area contributed by atoms with E-state index in [0.29, 0.717) is 10.5 Å². The van der Waals surface area contributed by atoms with Crippen LogP contribution in [-0.4, -0.2) is 16.8 Å². The summed E-state index contributed by atoms with van der Waals surface area (Å²) in [5.41, 5.74) is -1.68. The summed E-state index contributed by atoms with van der Waals surface area (Å²) < 4.78 is 55.4. The van der Waals surface area contributed by atoms with Gasteiger partial charge in [-0.25, -0.2) is 4.39 Å². The standard InChI is InChI=1S/C24H14BrF4NO3/c25-15-10-8-13(9-11-15)21(31)19-20(17-6-1-2-7-18(17)26)30(23(33)22(19)32)16-5-3-4-14(12-16)24(27,28)29/h1-12,20,31H. The van der Waals surface area contributed by atoms with Gasteiger partial charge in [-0.2, -0.15) is 13.2 Å². The number of anilines is 1. The number of rotatable bonds is 3. The summed E-state index contributed by atoms with van der Waals surface area (Å²) in [4.78, 5) is 26.7. The number of amides is 1. The van der Waals surface area contributed by atoms with E-state index in [2.05, 4.69) is 15.9 Å². The molecule has 3 aromatic carbocycles. The maximum Gasteiger partial charge on any atom is 0.416 e. The van der Waals surface area contributed by atoms with Gasteiger partial charge in [-0.1, -0.05) is 52.3 Å². The average Bonchev–Trinajstić information content (AvgIpc) is 3.04. The largest absolute Gasteiger partial charge is 0.507 e. The Bertz CT molecular complexity index is 1290. The number of nitrogens with zero attached hydrogens (tertiary/aromatic N) is 1. The first-order valence-electron chi connectivity index (χ1n) is 9.58. The highest BCUT2D eigenvalue weighted by Crippen LogP contribution is 2.44. The Hall–Kier alpha value is -3.46. The van der Waals surface area contributed by atoms with Gasteiger partial charge in [0.25, 0.3) is 11.7 Å². The molecule has 0 spiro atoms. The number of benzene rings is 3. The Morgan fingerprint density at radius 1 is 0.939 bits per heavy atom. The Balaban J connectivity index is 1.97. The zero-order valence-electron chi connectivity index (χ0n) is 16.6. The van der Waals surface area contributed by atoms with Gasteiger partial charge >= 0.3 is 6.18 Å². The lowest BCUT2D eigenvalue weighted by atomic mass is 9.94. The van der Waals surface area contributed by atoms with Crippen LogP contribution in [0.2, 0.25) is 0 Å². The first kappa shape index (κ1) is 22.7. The monoisotopic (exact) mass is 519 g/mol. The number of halogens is 5. The van der Waals surface area contributed by atoms with Crippen molar-refractivity contribution in [3.63, 3.8) is 0 Å². The topological polar surface area (TPSA) is 57.6 Å². The van der Waals surface area contributed by atoms with E-state index in [1.165, 1.54) is 36.4 Å². The normalized spacial score (nSPS) is 18.1. The summed E-state index contributed by atoms with van der Waals surface area (Å²) in [6.07, 6.45) is -4.70. The molecule has 4 nitrogen and oxygen atoms in total. The molecule has 1 atom stereocenters. The first-order chi connectivity index (χ1) is 15.6. The van der Waals surface area contributed by atoms with Gasteiger partial charge < -0.3 is 5.11 Å². The van der Waals surface area contributed by atoms with Crippen LogP contribution in [0.3, 0.4) is 0 Å². The molecule has 1 aliphatic heterocycles. The summed E-state index contributed by atoms with van der Waals surface area (Å²) in [5.74, 6) is -3.67. The fourth-order valence-electron chi connectivity index (χ4n) is 3.69. The Kier molecular flexibility index (Phi) is 5.84. The molecule has 168 valence electrons. The number of carbonyl (C=O) groups excluding carboxylic acids is 2. The highest BCUT2D eigenvalue weighted by atomic mass is 79.9. The van der Waals surface area contributed by atoms with Crippen LogP contribution in [0.4, 0.5) is 23.2 Å². The third-order valence-corrected chi connectivity index (χ3v) is 5.74. The molecular formula is C24H14BrF4NO3. The van der Waals surface area contributed by atoms with Crippen molar-refractivity contribution in [3.8, 4) is 0 Å². The molecule has 1 saturated heterocycles. The van der Waals surface area contributed by atoms with Crippen LogP contribution >= 0.6 is 15.9 Å². The molecule has 4 rings (SSSR count). The van der Waals surface area contributed by atoms with Crippen molar-refractivity contribution in [1.29, 1.82) is 0 Å². The van der Waals surface area contributed by atoms with Crippen LogP contribution in [-0.2, 0) is 15.8 Å². The van der Waals surface area contributed by atoms with E-state index >= 15 is 0 Å². The third kappa shape index (κ3) is 4.16. The molecule has 0 aromatic heterocycles. The van der Waals surface area contributed by atoms with Crippen LogP contribution in [0.1, 0.15) is 22.7 Å². The van der Waals surface area contributed by atoms with E-state index in [9.17, 15) is 32.3 Å². The van der Waals surface area contributed by atoms with Gasteiger partial charge in [0.15, 0.2) is 0 Å². The lowest BCUT2D eigenvalue weighted by Gasteiger charge is -2.26. The van der Waals surface area contributed by atoms with Crippen LogP contribution < -0.4 is 4.90 Å². The summed E-state index contributed by atoms with van der Waals surface area (Å²) in [7, 11) is 0. The van der Waals surface area contributed by atoms with Gasteiger partial charge in [0, 0.05) is 21.3 Å². The summed E-state index contributed by atoms with van der Waals surface area (Å²) in [5, 5.41) is 10.9. The minimum Gasteiger partial charge on any atom is -0.507 e. The predicted octanol–water partition coefficient (Wildman–Crippen LogP) is 6.23. The van der Waals surface area contributed by atoms with Crippen molar-refractivity contribution in [2.24, 2.45) is 0 Å². The number of aliphatic hydroxyl groups is 1. The molecule has 1 amide bonds. The number of alkyl halides is 3. The van der Waals surface area contributed by atoms with Gasteiger partial charge in [-0.05, 0) is 36.4 Å². The van der Waals surface area contributed by atoms with Crippen LogP contribution in [0.25, 0.3) is 5.76 Å². The number of carbonyl (C=O) groups is 2. The highest BCUT2D eigenvalue weighted by Gasteiger charge is 2.48. The number of hydrogen-bond acceptors (Lipinski definition) is 3. The zero-order chi connectivity index (χ0) is 23.9. The van der Waals surface area contributed by atoms with E-state index in [0.717, 1.165) is 23.1 Å². The molecule has 0 aliphatic carbocycles. The molecule has 0 saturated carbocycles. The Labute approximate surface area is 193 Å². The third-order valence-electron chi connectivity index (χ3n) is 5.21. The second kappa shape index (κ2) is 8.47. The molecular weight excluding hydrogens is 506 g/mol. The second-order valence-electron chi connectivity index (χ2n) is 7.25. The minimum atomic E-state index is -4.70. The lowest BCUT2D eigenvalue weighted by molar-refractivity contribution is -0.137. The molecule has 9 heteroatoms. The van der Waals surface area contributed by atoms with Crippen molar-refractivity contribution in [2.75, 3.05) is 4.90 Å². The Morgan fingerprint density at radius 2 is 1.61 bits per heavy atom. The SMILES string of the molecule is O=C1C(=O)N(c2cccc(C(F)(F)F)c2)C(c2ccccc2F)C1=C(O)c1ccc(Br)cc1. The van der Waals surface area contributed by atoms with Gasteiger partial charge in [0.1, 0.15) is 11.6 Å². The second-order valence-corrected chi connectivity index (χ2v) is 8.16. The quantitative estimate of drug-likeness (QED) is 0.193. The first-order valence-corrected chi connectivity index (χ1v) is 10.4. The van der Waals surface area contributed by atoms with E-state index < -0.39 is 46.6 Å². The van der Waals surface area contributed by atoms with E-state index in [1.807, 2.05) is 0 Å². The number of ketones is 1. The smallest absolute Gasteiger partial charge is 0.416 e. The summed E-state index contributed by atoms with van der Waals surface area (Å²) in [6.45, 7) is 0. The number of aliphatic hydroxyl groups excluding tert-OH is 1. The maximum atomic E-state index is 14.8. The minimum absolute atomic E-state index is 0.146. The van der Waals surface area contributed by atoms with Crippen molar-refractivity contribution in [1.82, 2.24) is 0 Å². The van der Waals surface area contributed by atoms with Crippen molar-refractivity contribution in [3.05, 3.63) is 105 Å². The molecule has 1 N–H and O–H groups in total. The van der Waals surface area contributed by atoms with Crippen LogP contribution in [0.15, 0.2) is 82.8 Å². The zero-order valence-corrected chi connectivity index (χ0v) is 18.2. The molecule has 33 heavy (non-hydrogen) atoms. The molecule has 1 unspecified atom stereocenters. The molecule has 1 fully saturated rings. The molecule has 0 radical (unpaired) electrons. The maximum absolute atomic E-state index is 14.8.